The molecule has 2 fully saturated rings. The van der Waals surface area contributed by atoms with Crippen LogP contribution in [0.2, 0.25) is 0 Å². The standard InChI is InChI=1S/C14H19N3O2/c18-13(19-9-12-3-1-2-6-16-12)17-8-5-14(11-17)4-7-15-10-14/h1-3,6,15H,4-5,7-11H2. The lowest BCUT2D eigenvalue weighted by molar-refractivity contribution is 0.0992. The number of ether oxygens (including phenoxy) is 1. The van der Waals surface area contributed by atoms with E-state index in [0.717, 1.165) is 44.7 Å². The second kappa shape index (κ2) is 5.17. The topological polar surface area (TPSA) is 54.5 Å². The zero-order valence-electron chi connectivity index (χ0n) is 11.0. The quantitative estimate of drug-likeness (QED) is 0.874. The molecule has 1 aromatic rings. The van der Waals surface area contributed by atoms with Gasteiger partial charge in [-0.3, -0.25) is 4.98 Å². The molecular weight excluding hydrogens is 242 g/mol. The van der Waals surface area contributed by atoms with Crippen molar-refractivity contribution in [2.45, 2.75) is 19.4 Å². The lowest BCUT2D eigenvalue weighted by Gasteiger charge is -2.22. The molecule has 0 bridgehead atoms. The van der Waals surface area contributed by atoms with Crippen molar-refractivity contribution in [1.29, 1.82) is 0 Å². The maximum atomic E-state index is 12.0. The molecule has 1 N–H and O–H groups in total. The number of hydrogen-bond donors (Lipinski definition) is 1. The second-order valence-electron chi connectivity index (χ2n) is 5.47. The Balaban J connectivity index is 1.51. The van der Waals surface area contributed by atoms with Gasteiger partial charge in [0, 0.05) is 31.2 Å². The van der Waals surface area contributed by atoms with Crippen LogP contribution in [0.15, 0.2) is 24.4 Å². The van der Waals surface area contributed by atoms with E-state index in [1.165, 1.54) is 0 Å². The molecule has 1 spiro atoms. The van der Waals surface area contributed by atoms with E-state index >= 15 is 0 Å². The van der Waals surface area contributed by atoms with Crippen LogP contribution in [0.25, 0.3) is 0 Å². The first-order chi connectivity index (χ1) is 9.27. The Morgan fingerprint density at radius 3 is 3.16 bits per heavy atom. The van der Waals surface area contributed by atoms with Crippen molar-refractivity contribution in [2.24, 2.45) is 5.41 Å². The normalized spacial score (nSPS) is 26.0. The Bertz CT molecular complexity index is 443. The van der Waals surface area contributed by atoms with Gasteiger partial charge in [-0.05, 0) is 31.5 Å². The highest BCUT2D eigenvalue weighted by Gasteiger charge is 2.42. The molecule has 2 saturated heterocycles. The molecule has 2 aliphatic rings. The van der Waals surface area contributed by atoms with Gasteiger partial charge < -0.3 is 15.0 Å². The number of amides is 1. The second-order valence-corrected chi connectivity index (χ2v) is 5.47. The summed E-state index contributed by atoms with van der Waals surface area (Å²) < 4.78 is 5.32. The molecule has 0 saturated carbocycles. The van der Waals surface area contributed by atoms with E-state index < -0.39 is 0 Å². The largest absolute Gasteiger partial charge is 0.443 e. The van der Waals surface area contributed by atoms with Crippen LogP contribution >= 0.6 is 0 Å². The van der Waals surface area contributed by atoms with Crippen molar-refractivity contribution in [3.8, 4) is 0 Å². The Morgan fingerprint density at radius 2 is 2.42 bits per heavy atom. The Kier molecular flexibility index (Phi) is 3.38. The number of carbonyl (C=O) groups excluding carboxylic acids is 1. The minimum Gasteiger partial charge on any atom is -0.443 e. The van der Waals surface area contributed by atoms with Gasteiger partial charge in [-0.15, -0.1) is 0 Å². The minimum atomic E-state index is -0.213. The fourth-order valence-electron chi connectivity index (χ4n) is 2.95. The number of likely N-dealkylation sites (tertiary alicyclic amines) is 1. The summed E-state index contributed by atoms with van der Waals surface area (Å²) in [5.74, 6) is 0. The van der Waals surface area contributed by atoms with Gasteiger partial charge in [0.05, 0.1) is 5.69 Å². The van der Waals surface area contributed by atoms with E-state index in [2.05, 4.69) is 10.3 Å². The fraction of sp³-hybridized carbons (Fsp3) is 0.571. The molecule has 3 heterocycles. The van der Waals surface area contributed by atoms with Gasteiger partial charge in [0.1, 0.15) is 6.61 Å². The first-order valence-electron chi connectivity index (χ1n) is 6.80. The van der Waals surface area contributed by atoms with Crippen LogP contribution in [-0.4, -0.2) is 42.2 Å². The molecule has 2 aliphatic heterocycles. The molecule has 0 radical (unpaired) electrons. The fourth-order valence-corrected chi connectivity index (χ4v) is 2.95. The number of pyridine rings is 1. The number of aromatic nitrogens is 1. The predicted octanol–water partition coefficient (Wildman–Crippen LogP) is 1.40. The maximum absolute atomic E-state index is 12.0. The molecule has 5 heteroatoms. The van der Waals surface area contributed by atoms with E-state index in [1.807, 2.05) is 23.1 Å². The monoisotopic (exact) mass is 261 g/mol. The van der Waals surface area contributed by atoms with Crippen molar-refractivity contribution in [2.75, 3.05) is 26.2 Å². The molecule has 5 nitrogen and oxygen atoms in total. The summed E-state index contributed by atoms with van der Waals surface area (Å²) in [6.07, 6.45) is 3.74. The van der Waals surface area contributed by atoms with Gasteiger partial charge in [-0.1, -0.05) is 6.07 Å². The number of nitrogens with zero attached hydrogens (tertiary/aromatic N) is 2. The number of nitrogens with one attached hydrogen (secondary N) is 1. The van der Waals surface area contributed by atoms with E-state index in [-0.39, 0.29) is 12.7 Å². The first-order valence-corrected chi connectivity index (χ1v) is 6.80. The zero-order chi connectivity index (χ0) is 13.1. The molecule has 0 aliphatic carbocycles. The summed E-state index contributed by atoms with van der Waals surface area (Å²) in [7, 11) is 0. The predicted molar refractivity (Wildman–Crippen MR) is 70.5 cm³/mol. The molecule has 1 atom stereocenters. The third kappa shape index (κ3) is 2.71. The van der Waals surface area contributed by atoms with E-state index in [4.69, 9.17) is 4.74 Å². The summed E-state index contributed by atoms with van der Waals surface area (Å²) in [6.45, 7) is 3.97. The van der Waals surface area contributed by atoms with Crippen molar-refractivity contribution >= 4 is 6.09 Å². The summed E-state index contributed by atoms with van der Waals surface area (Å²) in [5, 5.41) is 3.38. The van der Waals surface area contributed by atoms with E-state index in [1.54, 1.807) is 6.20 Å². The van der Waals surface area contributed by atoms with Crippen LogP contribution in [0.3, 0.4) is 0 Å². The average molecular weight is 261 g/mol. The van der Waals surface area contributed by atoms with Crippen LogP contribution in [0, 0.1) is 5.41 Å². The molecule has 1 aromatic heterocycles. The number of hydrogen-bond acceptors (Lipinski definition) is 4. The van der Waals surface area contributed by atoms with Crippen LogP contribution < -0.4 is 5.32 Å². The van der Waals surface area contributed by atoms with Crippen LogP contribution in [0.5, 0.6) is 0 Å². The molecule has 102 valence electrons. The van der Waals surface area contributed by atoms with Crippen molar-refractivity contribution in [3.05, 3.63) is 30.1 Å². The minimum absolute atomic E-state index is 0.213. The van der Waals surface area contributed by atoms with E-state index in [0.29, 0.717) is 5.41 Å². The van der Waals surface area contributed by atoms with Gasteiger partial charge in [0.15, 0.2) is 0 Å². The summed E-state index contributed by atoms with van der Waals surface area (Å²) in [5.41, 5.74) is 1.08. The zero-order valence-corrected chi connectivity index (χ0v) is 11.0. The Labute approximate surface area is 113 Å². The van der Waals surface area contributed by atoms with Crippen LogP contribution in [0.1, 0.15) is 18.5 Å². The highest BCUT2D eigenvalue weighted by atomic mass is 16.6. The van der Waals surface area contributed by atoms with Crippen LogP contribution in [-0.2, 0) is 11.3 Å². The molecule has 1 unspecified atom stereocenters. The summed E-state index contributed by atoms with van der Waals surface area (Å²) in [4.78, 5) is 18.0. The number of carbonyl (C=O) groups is 1. The summed E-state index contributed by atoms with van der Waals surface area (Å²) in [6, 6.07) is 5.60. The lowest BCUT2D eigenvalue weighted by atomic mass is 9.87. The van der Waals surface area contributed by atoms with Gasteiger partial charge in [0.2, 0.25) is 0 Å². The Morgan fingerprint density at radius 1 is 1.47 bits per heavy atom. The van der Waals surface area contributed by atoms with Crippen LogP contribution in [0.4, 0.5) is 4.79 Å². The number of rotatable bonds is 2. The lowest BCUT2D eigenvalue weighted by Crippen LogP contribution is -2.33. The summed E-state index contributed by atoms with van der Waals surface area (Å²) >= 11 is 0. The first kappa shape index (κ1) is 12.4. The molecule has 3 rings (SSSR count). The third-order valence-corrected chi connectivity index (χ3v) is 4.10. The highest BCUT2D eigenvalue weighted by molar-refractivity contribution is 5.68. The van der Waals surface area contributed by atoms with Gasteiger partial charge in [-0.25, -0.2) is 4.79 Å². The Hall–Kier alpha value is -1.62. The van der Waals surface area contributed by atoms with Gasteiger partial charge in [0.25, 0.3) is 0 Å². The molecule has 0 aromatic carbocycles. The molecule has 1 amide bonds. The SMILES string of the molecule is O=C(OCc1ccccn1)N1CCC2(CCNC2)C1. The average Bonchev–Trinajstić information content (AvgIpc) is 3.08. The van der Waals surface area contributed by atoms with Crippen molar-refractivity contribution in [3.63, 3.8) is 0 Å². The smallest absolute Gasteiger partial charge is 0.410 e. The third-order valence-electron chi connectivity index (χ3n) is 4.10. The molecular formula is C14H19N3O2. The van der Waals surface area contributed by atoms with Crippen molar-refractivity contribution < 1.29 is 9.53 Å². The molecule has 19 heavy (non-hydrogen) atoms. The van der Waals surface area contributed by atoms with Gasteiger partial charge >= 0.3 is 6.09 Å². The van der Waals surface area contributed by atoms with Gasteiger partial charge in [-0.2, -0.15) is 0 Å². The maximum Gasteiger partial charge on any atom is 0.410 e. The highest BCUT2D eigenvalue weighted by Crippen LogP contribution is 2.36. The van der Waals surface area contributed by atoms with E-state index in [9.17, 15) is 4.79 Å². The van der Waals surface area contributed by atoms with Crippen molar-refractivity contribution in [1.82, 2.24) is 15.2 Å².